The zero-order chi connectivity index (χ0) is 12.8. The highest BCUT2D eigenvalue weighted by atomic mass is 16.5. The summed E-state index contributed by atoms with van der Waals surface area (Å²) in [5.74, 6) is -0.435. The van der Waals surface area contributed by atoms with Gasteiger partial charge in [0, 0.05) is 19.6 Å². The second-order valence-electron chi connectivity index (χ2n) is 3.87. The van der Waals surface area contributed by atoms with Crippen molar-refractivity contribution in [2.24, 2.45) is 0 Å². The third-order valence-electron chi connectivity index (χ3n) is 2.15. The molecule has 94 valence electrons. The van der Waals surface area contributed by atoms with Crippen molar-refractivity contribution < 1.29 is 14.6 Å². The van der Waals surface area contributed by atoms with Crippen LogP contribution in [0.3, 0.4) is 0 Å². The van der Waals surface area contributed by atoms with E-state index in [1.807, 2.05) is 13.8 Å². The first-order valence-corrected chi connectivity index (χ1v) is 5.39. The number of hydrogen-bond acceptors (Lipinski definition) is 5. The van der Waals surface area contributed by atoms with E-state index >= 15 is 0 Å². The lowest BCUT2D eigenvalue weighted by molar-refractivity contribution is 0.0691. The minimum Gasteiger partial charge on any atom is -0.476 e. The molecule has 0 fully saturated rings. The molecule has 0 spiro atoms. The molecule has 0 atom stereocenters. The van der Waals surface area contributed by atoms with Crippen molar-refractivity contribution in [2.45, 2.75) is 19.8 Å². The molecule has 0 unspecified atom stereocenters. The highest BCUT2D eigenvalue weighted by molar-refractivity contribution is 5.91. The molecule has 0 radical (unpaired) electrons. The fourth-order valence-electron chi connectivity index (χ4n) is 1.25. The SMILES string of the molecule is COCCNc1cnc(C(C)C)nc1C(=O)O. The van der Waals surface area contributed by atoms with Crippen LogP contribution < -0.4 is 5.32 Å². The van der Waals surface area contributed by atoms with Crippen molar-refractivity contribution in [3.05, 3.63) is 17.7 Å². The fourth-order valence-corrected chi connectivity index (χ4v) is 1.25. The molecule has 6 nitrogen and oxygen atoms in total. The average molecular weight is 239 g/mol. The number of hydrogen-bond donors (Lipinski definition) is 2. The minimum atomic E-state index is -1.06. The van der Waals surface area contributed by atoms with Gasteiger partial charge in [-0.05, 0) is 0 Å². The van der Waals surface area contributed by atoms with Gasteiger partial charge in [-0.1, -0.05) is 13.8 Å². The van der Waals surface area contributed by atoms with E-state index in [2.05, 4.69) is 15.3 Å². The van der Waals surface area contributed by atoms with E-state index in [0.29, 0.717) is 24.7 Å². The molecule has 1 aromatic heterocycles. The van der Waals surface area contributed by atoms with Crippen LogP contribution in [0.5, 0.6) is 0 Å². The highest BCUT2D eigenvalue weighted by Crippen LogP contribution is 2.16. The van der Waals surface area contributed by atoms with Gasteiger partial charge in [-0.3, -0.25) is 0 Å². The van der Waals surface area contributed by atoms with Crippen LogP contribution in [-0.4, -0.2) is 41.3 Å². The van der Waals surface area contributed by atoms with Gasteiger partial charge in [0.1, 0.15) is 5.82 Å². The lowest BCUT2D eigenvalue weighted by atomic mass is 10.2. The lowest BCUT2D eigenvalue weighted by Gasteiger charge is -2.10. The van der Waals surface area contributed by atoms with Crippen molar-refractivity contribution in [1.82, 2.24) is 9.97 Å². The smallest absolute Gasteiger partial charge is 0.356 e. The number of aromatic carboxylic acids is 1. The standard InChI is InChI=1S/C11H17N3O3/c1-7(2)10-13-6-8(12-4-5-17-3)9(14-10)11(15)16/h6-7,12H,4-5H2,1-3H3,(H,15,16). The van der Waals surface area contributed by atoms with Crippen LogP contribution in [-0.2, 0) is 4.74 Å². The third kappa shape index (κ3) is 3.67. The summed E-state index contributed by atoms with van der Waals surface area (Å²) < 4.78 is 4.88. The van der Waals surface area contributed by atoms with Gasteiger partial charge >= 0.3 is 5.97 Å². The minimum absolute atomic E-state index is 0.000182. The Balaban J connectivity index is 2.92. The third-order valence-corrected chi connectivity index (χ3v) is 2.15. The Labute approximate surface area is 100 Å². The Morgan fingerprint density at radius 3 is 2.82 bits per heavy atom. The van der Waals surface area contributed by atoms with Crippen LogP contribution in [0.15, 0.2) is 6.20 Å². The van der Waals surface area contributed by atoms with E-state index in [1.165, 1.54) is 6.20 Å². The van der Waals surface area contributed by atoms with Crippen LogP contribution in [0.25, 0.3) is 0 Å². The summed E-state index contributed by atoms with van der Waals surface area (Å²) in [6.07, 6.45) is 1.50. The van der Waals surface area contributed by atoms with Crippen LogP contribution in [0.1, 0.15) is 36.1 Å². The van der Waals surface area contributed by atoms with Crippen LogP contribution in [0, 0.1) is 0 Å². The average Bonchev–Trinajstić information content (AvgIpc) is 2.29. The number of methoxy groups -OCH3 is 1. The summed E-state index contributed by atoms with van der Waals surface area (Å²) in [6, 6.07) is 0. The number of rotatable bonds is 6. The Hall–Kier alpha value is -1.69. The Morgan fingerprint density at radius 2 is 2.29 bits per heavy atom. The molecule has 6 heteroatoms. The number of carbonyl (C=O) groups is 1. The first kappa shape index (κ1) is 13.4. The van der Waals surface area contributed by atoms with E-state index in [4.69, 9.17) is 9.84 Å². The van der Waals surface area contributed by atoms with Gasteiger partial charge in [-0.15, -0.1) is 0 Å². The first-order chi connectivity index (χ1) is 8.06. The maximum atomic E-state index is 11.1. The van der Waals surface area contributed by atoms with E-state index in [0.717, 1.165) is 0 Å². The molecule has 17 heavy (non-hydrogen) atoms. The molecular weight excluding hydrogens is 222 g/mol. The van der Waals surface area contributed by atoms with Gasteiger partial charge in [-0.25, -0.2) is 14.8 Å². The molecule has 0 bridgehead atoms. The van der Waals surface area contributed by atoms with Crippen molar-refractivity contribution in [1.29, 1.82) is 0 Å². The molecular formula is C11H17N3O3. The highest BCUT2D eigenvalue weighted by Gasteiger charge is 2.15. The van der Waals surface area contributed by atoms with E-state index in [-0.39, 0.29) is 11.6 Å². The van der Waals surface area contributed by atoms with Crippen LogP contribution in [0.2, 0.25) is 0 Å². The van der Waals surface area contributed by atoms with Crippen molar-refractivity contribution >= 4 is 11.7 Å². The summed E-state index contributed by atoms with van der Waals surface area (Å²) >= 11 is 0. The number of nitrogens with one attached hydrogen (secondary N) is 1. The number of carboxylic acid groups (broad SMARTS) is 1. The zero-order valence-corrected chi connectivity index (χ0v) is 10.2. The number of carboxylic acids is 1. The molecule has 0 aliphatic heterocycles. The number of nitrogens with zero attached hydrogens (tertiary/aromatic N) is 2. The van der Waals surface area contributed by atoms with Gasteiger partial charge in [0.05, 0.1) is 18.5 Å². The fraction of sp³-hybridized carbons (Fsp3) is 0.545. The van der Waals surface area contributed by atoms with Gasteiger partial charge in [0.2, 0.25) is 0 Å². The summed E-state index contributed by atoms with van der Waals surface area (Å²) in [5, 5.41) is 12.0. The second kappa shape index (κ2) is 6.15. The number of anilines is 1. The van der Waals surface area contributed by atoms with Crippen molar-refractivity contribution in [3.63, 3.8) is 0 Å². The number of ether oxygens (including phenoxy) is 1. The Morgan fingerprint density at radius 1 is 1.59 bits per heavy atom. The molecule has 1 heterocycles. The summed E-state index contributed by atoms with van der Waals surface area (Å²) in [6.45, 7) is 4.84. The molecule has 0 saturated heterocycles. The largest absolute Gasteiger partial charge is 0.476 e. The van der Waals surface area contributed by atoms with E-state index in [1.54, 1.807) is 7.11 Å². The maximum absolute atomic E-state index is 11.1. The van der Waals surface area contributed by atoms with Gasteiger partial charge in [0.15, 0.2) is 5.69 Å². The lowest BCUT2D eigenvalue weighted by Crippen LogP contribution is -2.15. The normalized spacial score (nSPS) is 10.6. The summed E-state index contributed by atoms with van der Waals surface area (Å²) in [4.78, 5) is 19.2. The summed E-state index contributed by atoms with van der Waals surface area (Å²) in [5.41, 5.74) is 0.416. The van der Waals surface area contributed by atoms with E-state index < -0.39 is 5.97 Å². The molecule has 0 aliphatic rings. The second-order valence-corrected chi connectivity index (χ2v) is 3.87. The topological polar surface area (TPSA) is 84.3 Å². The van der Waals surface area contributed by atoms with Crippen molar-refractivity contribution in [3.8, 4) is 0 Å². The predicted octanol–water partition coefficient (Wildman–Crippen LogP) is 1.36. The quantitative estimate of drug-likeness (QED) is 0.729. The number of aromatic nitrogens is 2. The van der Waals surface area contributed by atoms with Gasteiger partial charge in [-0.2, -0.15) is 0 Å². The first-order valence-electron chi connectivity index (χ1n) is 5.39. The molecule has 0 aliphatic carbocycles. The van der Waals surface area contributed by atoms with Crippen molar-refractivity contribution in [2.75, 3.05) is 25.6 Å². The van der Waals surface area contributed by atoms with Crippen LogP contribution in [0.4, 0.5) is 5.69 Å². The molecule has 0 aromatic carbocycles. The van der Waals surface area contributed by atoms with Crippen LogP contribution >= 0.6 is 0 Å². The molecule has 1 rings (SSSR count). The molecule has 0 amide bonds. The van der Waals surface area contributed by atoms with Gasteiger partial charge < -0.3 is 15.2 Å². The monoisotopic (exact) mass is 239 g/mol. The maximum Gasteiger partial charge on any atom is 0.356 e. The van der Waals surface area contributed by atoms with E-state index in [9.17, 15) is 4.79 Å². The zero-order valence-electron chi connectivity index (χ0n) is 10.2. The van der Waals surface area contributed by atoms with Gasteiger partial charge in [0.25, 0.3) is 0 Å². The molecule has 0 saturated carbocycles. The molecule has 1 aromatic rings. The Kier molecular flexibility index (Phi) is 4.84. The Bertz CT molecular complexity index is 394. The molecule has 2 N–H and O–H groups in total. The predicted molar refractivity (Wildman–Crippen MR) is 63.4 cm³/mol. The summed E-state index contributed by atoms with van der Waals surface area (Å²) in [7, 11) is 1.58.